The van der Waals surface area contributed by atoms with E-state index in [2.05, 4.69) is 27.2 Å². The average molecular weight is 302 g/mol. The Morgan fingerprint density at radius 1 is 1.18 bits per heavy atom. The van der Waals surface area contributed by atoms with Crippen LogP contribution >= 0.6 is 0 Å². The normalized spacial score (nSPS) is 21.2. The first-order valence-electron chi connectivity index (χ1n) is 8.47. The SMILES string of the molecule is Cc1nc(C(=O)NC2CCCC2)cc(C2CCN(C)CC2)n1. The van der Waals surface area contributed by atoms with Gasteiger partial charge in [-0.3, -0.25) is 4.79 Å². The fraction of sp³-hybridized carbons (Fsp3) is 0.706. The molecule has 0 aromatic carbocycles. The molecule has 22 heavy (non-hydrogen) atoms. The Bertz CT molecular complexity index is 531. The van der Waals surface area contributed by atoms with E-state index >= 15 is 0 Å². The summed E-state index contributed by atoms with van der Waals surface area (Å²) in [5, 5.41) is 3.12. The van der Waals surface area contributed by atoms with Gasteiger partial charge in [0.25, 0.3) is 5.91 Å². The lowest BCUT2D eigenvalue weighted by molar-refractivity contribution is 0.0932. The Hall–Kier alpha value is -1.49. The van der Waals surface area contributed by atoms with Crippen LogP contribution in [-0.4, -0.2) is 47.0 Å². The fourth-order valence-electron chi connectivity index (χ4n) is 3.55. The van der Waals surface area contributed by atoms with Crippen LogP contribution in [0.4, 0.5) is 0 Å². The Morgan fingerprint density at radius 3 is 2.55 bits per heavy atom. The van der Waals surface area contributed by atoms with Crippen molar-refractivity contribution < 1.29 is 4.79 Å². The molecule has 1 aliphatic heterocycles. The Kier molecular flexibility index (Phi) is 4.71. The number of aromatic nitrogens is 2. The van der Waals surface area contributed by atoms with Crippen LogP contribution in [0.3, 0.4) is 0 Å². The Morgan fingerprint density at radius 2 is 1.86 bits per heavy atom. The van der Waals surface area contributed by atoms with Crippen molar-refractivity contribution in [2.45, 2.75) is 57.4 Å². The molecule has 0 spiro atoms. The van der Waals surface area contributed by atoms with Gasteiger partial charge in [-0.2, -0.15) is 0 Å². The van der Waals surface area contributed by atoms with E-state index in [1.807, 2.05) is 13.0 Å². The number of rotatable bonds is 3. The number of likely N-dealkylation sites (tertiary alicyclic amines) is 1. The van der Waals surface area contributed by atoms with E-state index in [-0.39, 0.29) is 5.91 Å². The summed E-state index contributed by atoms with van der Waals surface area (Å²) in [7, 11) is 2.15. The monoisotopic (exact) mass is 302 g/mol. The van der Waals surface area contributed by atoms with Crippen molar-refractivity contribution >= 4 is 5.91 Å². The number of nitrogens with one attached hydrogen (secondary N) is 1. The van der Waals surface area contributed by atoms with E-state index in [0.29, 0.717) is 23.5 Å². The molecule has 1 saturated carbocycles. The van der Waals surface area contributed by atoms with Crippen LogP contribution in [0.25, 0.3) is 0 Å². The van der Waals surface area contributed by atoms with E-state index in [4.69, 9.17) is 0 Å². The molecule has 0 radical (unpaired) electrons. The third-order valence-electron chi connectivity index (χ3n) is 4.92. The summed E-state index contributed by atoms with van der Waals surface area (Å²) in [6.07, 6.45) is 6.84. The molecule has 2 fully saturated rings. The summed E-state index contributed by atoms with van der Waals surface area (Å²) in [5.74, 6) is 1.12. The molecule has 0 unspecified atom stereocenters. The summed E-state index contributed by atoms with van der Waals surface area (Å²) in [5.41, 5.74) is 1.57. The van der Waals surface area contributed by atoms with Crippen LogP contribution in [0, 0.1) is 6.92 Å². The minimum Gasteiger partial charge on any atom is -0.348 e. The zero-order valence-electron chi connectivity index (χ0n) is 13.6. The molecule has 0 bridgehead atoms. The van der Waals surface area contributed by atoms with Gasteiger partial charge < -0.3 is 10.2 Å². The van der Waals surface area contributed by atoms with Crippen molar-refractivity contribution in [3.63, 3.8) is 0 Å². The molecule has 5 nitrogen and oxygen atoms in total. The molecule has 3 rings (SSSR count). The lowest BCUT2D eigenvalue weighted by Crippen LogP contribution is -2.34. The lowest BCUT2D eigenvalue weighted by atomic mass is 9.93. The maximum Gasteiger partial charge on any atom is 0.270 e. The molecule has 1 aromatic heterocycles. The second-order valence-electron chi connectivity index (χ2n) is 6.76. The maximum absolute atomic E-state index is 12.4. The third-order valence-corrected chi connectivity index (χ3v) is 4.92. The minimum absolute atomic E-state index is 0.0356. The topological polar surface area (TPSA) is 58.1 Å². The predicted molar refractivity (Wildman–Crippen MR) is 86.0 cm³/mol. The van der Waals surface area contributed by atoms with Crippen LogP contribution in [0.5, 0.6) is 0 Å². The van der Waals surface area contributed by atoms with Gasteiger partial charge in [0.2, 0.25) is 0 Å². The molecule has 1 amide bonds. The van der Waals surface area contributed by atoms with Crippen LogP contribution in [0.2, 0.25) is 0 Å². The summed E-state index contributed by atoms with van der Waals surface area (Å²) in [6, 6.07) is 2.24. The highest BCUT2D eigenvalue weighted by Crippen LogP contribution is 2.26. The molecule has 1 saturated heterocycles. The Balaban J connectivity index is 1.72. The molecular weight excluding hydrogens is 276 g/mol. The number of aryl methyl sites for hydroxylation is 1. The van der Waals surface area contributed by atoms with Crippen LogP contribution in [0.1, 0.15) is 66.4 Å². The number of hydrogen-bond acceptors (Lipinski definition) is 4. The Labute approximate surface area is 132 Å². The van der Waals surface area contributed by atoms with Crippen LogP contribution < -0.4 is 5.32 Å². The zero-order valence-corrected chi connectivity index (χ0v) is 13.6. The highest BCUT2D eigenvalue weighted by Gasteiger charge is 2.23. The van der Waals surface area contributed by atoms with E-state index in [1.165, 1.54) is 12.8 Å². The first-order valence-corrected chi connectivity index (χ1v) is 8.47. The molecule has 5 heteroatoms. The van der Waals surface area contributed by atoms with Crippen molar-refractivity contribution in [1.29, 1.82) is 0 Å². The van der Waals surface area contributed by atoms with Crippen LogP contribution in [-0.2, 0) is 0 Å². The van der Waals surface area contributed by atoms with Gasteiger partial charge >= 0.3 is 0 Å². The number of piperidine rings is 1. The quantitative estimate of drug-likeness (QED) is 0.930. The smallest absolute Gasteiger partial charge is 0.270 e. The molecule has 1 N–H and O–H groups in total. The van der Waals surface area contributed by atoms with Crippen molar-refractivity contribution in [2.24, 2.45) is 0 Å². The highest BCUT2D eigenvalue weighted by atomic mass is 16.1. The largest absolute Gasteiger partial charge is 0.348 e. The maximum atomic E-state index is 12.4. The summed E-state index contributed by atoms with van der Waals surface area (Å²) in [6.45, 7) is 4.07. The van der Waals surface area contributed by atoms with Crippen molar-refractivity contribution in [3.8, 4) is 0 Å². The van der Waals surface area contributed by atoms with Crippen molar-refractivity contribution in [1.82, 2.24) is 20.2 Å². The summed E-state index contributed by atoms with van der Waals surface area (Å²) >= 11 is 0. The lowest BCUT2D eigenvalue weighted by Gasteiger charge is -2.28. The number of carbonyl (C=O) groups is 1. The second-order valence-corrected chi connectivity index (χ2v) is 6.76. The van der Waals surface area contributed by atoms with E-state index in [0.717, 1.165) is 44.5 Å². The van der Waals surface area contributed by atoms with E-state index in [9.17, 15) is 4.79 Å². The average Bonchev–Trinajstić information content (AvgIpc) is 3.00. The number of nitrogens with zero attached hydrogens (tertiary/aromatic N) is 3. The van der Waals surface area contributed by atoms with E-state index in [1.54, 1.807) is 0 Å². The standard InChI is InChI=1S/C17H26N4O/c1-12-18-15(13-7-9-21(2)10-8-13)11-16(19-12)17(22)20-14-5-3-4-6-14/h11,13-14H,3-10H2,1-2H3,(H,20,22). The van der Waals surface area contributed by atoms with Gasteiger partial charge in [0.15, 0.2) is 0 Å². The van der Waals surface area contributed by atoms with Gasteiger partial charge in [-0.25, -0.2) is 9.97 Å². The molecule has 120 valence electrons. The first-order chi connectivity index (χ1) is 10.6. The van der Waals surface area contributed by atoms with Crippen molar-refractivity contribution in [2.75, 3.05) is 20.1 Å². The molecule has 1 aromatic rings. The van der Waals surface area contributed by atoms with Gasteiger partial charge in [0.05, 0.1) is 0 Å². The predicted octanol–water partition coefficient (Wildman–Crippen LogP) is 2.27. The number of amides is 1. The molecule has 2 aliphatic rings. The van der Waals surface area contributed by atoms with Gasteiger partial charge in [-0.05, 0) is 58.8 Å². The van der Waals surface area contributed by atoms with Gasteiger partial charge in [0.1, 0.15) is 11.5 Å². The van der Waals surface area contributed by atoms with E-state index < -0.39 is 0 Å². The third kappa shape index (κ3) is 3.64. The summed E-state index contributed by atoms with van der Waals surface area (Å²) < 4.78 is 0. The van der Waals surface area contributed by atoms with Crippen LogP contribution in [0.15, 0.2) is 6.07 Å². The van der Waals surface area contributed by atoms with Gasteiger partial charge in [0, 0.05) is 17.7 Å². The molecule has 1 aliphatic carbocycles. The first kappa shape index (κ1) is 15.4. The molecule has 0 atom stereocenters. The van der Waals surface area contributed by atoms with Gasteiger partial charge in [-0.1, -0.05) is 12.8 Å². The number of hydrogen-bond donors (Lipinski definition) is 1. The van der Waals surface area contributed by atoms with Crippen molar-refractivity contribution in [3.05, 3.63) is 23.3 Å². The summed E-state index contributed by atoms with van der Waals surface area (Å²) in [4.78, 5) is 23.7. The highest BCUT2D eigenvalue weighted by molar-refractivity contribution is 5.92. The molecular formula is C17H26N4O. The van der Waals surface area contributed by atoms with Gasteiger partial charge in [-0.15, -0.1) is 0 Å². The fourth-order valence-corrected chi connectivity index (χ4v) is 3.55. The zero-order chi connectivity index (χ0) is 15.5. The number of carbonyl (C=O) groups excluding carboxylic acids is 1. The second kappa shape index (κ2) is 6.73. The minimum atomic E-state index is -0.0356. The molecule has 2 heterocycles.